The Hall–Kier alpha value is -3.75. The van der Waals surface area contributed by atoms with E-state index >= 15 is 0 Å². The van der Waals surface area contributed by atoms with Crippen molar-refractivity contribution in [2.45, 2.75) is 26.2 Å². The minimum absolute atomic E-state index is 0.0249. The maximum absolute atomic E-state index is 12.2. The molecule has 0 fully saturated rings. The van der Waals surface area contributed by atoms with Gasteiger partial charge in [-0.2, -0.15) is 4.98 Å². The van der Waals surface area contributed by atoms with Crippen LogP contribution in [0.2, 0.25) is 0 Å². The molecule has 9 nitrogen and oxygen atoms in total. The monoisotopic (exact) mass is 382 g/mol. The summed E-state index contributed by atoms with van der Waals surface area (Å²) in [6.45, 7) is 1.92. The number of nitrogens with one attached hydrogen (secondary N) is 1. The molecule has 1 aromatic carbocycles. The summed E-state index contributed by atoms with van der Waals surface area (Å²) in [6.07, 6.45) is 2.19. The molecular weight excluding hydrogens is 364 g/mol. The van der Waals surface area contributed by atoms with Crippen LogP contribution in [-0.2, 0) is 17.6 Å². The van der Waals surface area contributed by atoms with Gasteiger partial charge in [0.2, 0.25) is 17.6 Å². The summed E-state index contributed by atoms with van der Waals surface area (Å²) >= 11 is 0. The number of aromatic hydroxyl groups is 1. The molecule has 0 bridgehead atoms. The van der Waals surface area contributed by atoms with E-state index in [1.54, 1.807) is 24.3 Å². The summed E-state index contributed by atoms with van der Waals surface area (Å²) in [6, 6.07) is 7.91. The minimum Gasteiger partial charge on any atom is -0.506 e. The lowest BCUT2D eigenvalue weighted by Gasteiger charge is -2.09. The molecule has 144 valence electrons. The van der Waals surface area contributed by atoms with Gasteiger partial charge in [0.25, 0.3) is 0 Å². The number of rotatable bonds is 7. The lowest BCUT2D eigenvalue weighted by molar-refractivity contribution is -0.116. The Morgan fingerprint density at radius 1 is 1.21 bits per heavy atom. The topological polar surface area (TPSA) is 138 Å². The van der Waals surface area contributed by atoms with Crippen LogP contribution in [0.3, 0.4) is 0 Å². The summed E-state index contributed by atoms with van der Waals surface area (Å²) in [7, 11) is 0. The standard InChI is InChI=1S/C19H18N4O5/c1-2-11-3-5-14(13(9-11)19(26)27)21-16(25)7-8-17-22-18(23-28-17)15-6-4-12(24)10-20-15/h3-6,9-10,24H,2,7-8H2,1H3,(H,21,25)(H,26,27). The second-order valence-electron chi connectivity index (χ2n) is 6.00. The van der Waals surface area contributed by atoms with E-state index < -0.39 is 5.97 Å². The van der Waals surface area contributed by atoms with Crippen molar-refractivity contribution in [3.05, 3.63) is 53.5 Å². The van der Waals surface area contributed by atoms with Gasteiger partial charge in [0.1, 0.15) is 11.4 Å². The molecule has 9 heteroatoms. The van der Waals surface area contributed by atoms with Crippen LogP contribution < -0.4 is 5.32 Å². The first kappa shape index (κ1) is 19.0. The number of aromatic nitrogens is 3. The number of pyridine rings is 1. The summed E-state index contributed by atoms with van der Waals surface area (Å²) in [5.41, 5.74) is 1.59. The molecule has 0 aliphatic heterocycles. The van der Waals surface area contributed by atoms with Gasteiger partial charge in [0, 0.05) is 12.8 Å². The van der Waals surface area contributed by atoms with Crippen LogP contribution in [0.4, 0.5) is 5.69 Å². The SMILES string of the molecule is CCc1ccc(NC(=O)CCc2nc(-c3ccc(O)cn3)no2)c(C(=O)O)c1. The summed E-state index contributed by atoms with van der Waals surface area (Å²) < 4.78 is 5.10. The Labute approximate surface area is 160 Å². The second-order valence-corrected chi connectivity index (χ2v) is 6.00. The van der Waals surface area contributed by atoms with Gasteiger partial charge in [0.15, 0.2) is 0 Å². The van der Waals surface area contributed by atoms with Crippen LogP contribution >= 0.6 is 0 Å². The van der Waals surface area contributed by atoms with Gasteiger partial charge in [-0.1, -0.05) is 18.1 Å². The Balaban J connectivity index is 1.62. The fraction of sp³-hybridized carbons (Fsp3) is 0.211. The third-order valence-electron chi connectivity index (χ3n) is 4.01. The van der Waals surface area contributed by atoms with Crippen molar-refractivity contribution in [3.8, 4) is 17.3 Å². The van der Waals surface area contributed by atoms with Crippen molar-refractivity contribution in [3.63, 3.8) is 0 Å². The number of aromatic carboxylic acids is 1. The second kappa shape index (κ2) is 8.30. The maximum atomic E-state index is 12.2. The normalized spacial score (nSPS) is 10.6. The lowest BCUT2D eigenvalue weighted by atomic mass is 10.1. The van der Waals surface area contributed by atoms with Crippen molar-refractivity contribution in [1.82, 2.24) is 15.1 Å². The molecule has 3 aromatic rings. The molecule has 1 amide bonds. The number of hydrogen-bond acceptors (Lipinski definition) is 7. The number of carbonyl (C=O) groups excluding carboxylic acids is 1. The van der Waals surface area contributed by atoms with Crippen LogP contribution in [-0.4, -0.2) is 37.2 Å². The molecule has 2 aromatic heterocycles. The number of carbonyl (C=O) groups is 2. The van der Waals surface area contributed by atoms with Crippen LogP contribution in [0.5, 0.6) is 5.75 Å². The van der Waals surface area contributed by atoms with Gasteiger partial charge in [-0.25, -0.2) is 9.78 Å². The molecular formula is C19H18N4O5. The van der Waals surface area contributed by atoms with E-state index in [9.17, 15) is 19.8 Å². The van der Waals surface area contributed by atoms with Gasteiger partial charge in [-0.05, 0) is 36.2 Å². The van der Waals surface area contributed by atoms with Crippen molar-refractivity contribution in [2.75, 3.05) is 5.32 Å². The van der Waals surface area contributed by atoms with Crippen molar-refractivity contribution < 1.29 is 24.3 Å². The smallest absolute Gasteiger partial charge is 0.337 e. The highest BCUT2D eigenvalue weighted by atomic mass is 16.5. The van der Waals surface area contributed by atoms with E-state index in [1.165, 1.54) is 12.3 Å². The molecule has 28 heavy (non-hydrogen) atoms. The van der Waals surface area contributed by atoms with Gasteiger partial charge >= 0.3 is 5.97 Å². The molecule has 0 saturated carbocycles. The number of anilines is 1. The molecule has 0 spiro atoms. The van der Waals surface area contributed by atoms with Crippen LogP contribution in [0.15, 0.2) is 41.1 Å². The first-order valence-corrected chi connectivity index (χ1v) is 8.60. The van der Waals surface area contributed by atoms with E-state index in [1.807, 2.05) is 6.92 Å². The van der Waals surface area contributed by atoms with Crippen molar-refractivity contribution >= 4 is 17.6 Å². The highest BCUT2D eigenvalue weighted by Crippen LogP contribution is 2.19. The maximum Gasteiger partial charge on any atom is 0.337 e. The first-order chi connectivity index (χ1) is 13.5. The average Bonchev–Trinajstić information content (AvgIpc) is 3.16. The number of aryl methyl sites for hydroxylation is 2. The summed E-state index contributed by atoms with van der Waals surface area (Å²) in [4.78, 5) is 31.7. The van der Waals surface area contributed by atoms with E-state index in [-0.39, 0.29) is 47.5 Å². The van der Waals surface area contributed by atoms with Crippen molar-refractivity contribution in [2.24, 2.45) is 0 Å². The first-order valence-electron chi connectivity index (χ1n) is 8.60. The van der Waals surface area contributed by atoms with Crippen LogP contribution in [0, 0.1) is 0 Å². The molecule has 0 aliphatic rings. The molecule has 3 rings (SSSR count). The molecule has 0 saturated heterocycles. The number of carboxylic acids is 1. The Kier molecular flexibility index (Phi) is 5.64. The van der Waals surface area contributed by atoms with E-state index in [4.69, 9.17) is 4.52 Å². The number of nitrogens with zero attached hydrogens (tertiary/aromatic N) is 3. The zero-order chi connectivity index (χ0) is 20.1. The van der Waals surface area contributed by atoms with E-state index in [2.05, 4.69) is 20.4 Å². The third kappa shape index (κ3) is 4.50. The molecule has 0 unspecified atom stereocenters. The largest absolute Gasteiger partial charge is 0.506 e. The highest BCUT2D eigenvalue weighted by molar-refractivity contribution is 6.00. The molecule has 0 aliphatic carbocycles. The zero-order valence-electron chi connectivity index (χ0n) is 15.0. The Morgan fingerprint density at radius 2 is 2.04 bits per heavy atom. The van der Waals surface area contributed by atoms with Gasteiger partial charge in [-0.3, -0.25) is 4.79 Å². The average molecular weight is 382 g/mol. The van der Waals surface area contributed by atoms with E-state index in [0.29, 0.717) is 12.1 Å². The van der Waals surface area contributed by atoms with Gasteiger partial charge in [-0.15, -0.1) is 0 Å². The predicted molar refractivity (Wildman–Crippen MR) is 98.9 cm³/mol. The fourth-order valence-electron chi connectivity index (χ4n) is 2.51. The summed E-state index contributed by atoms with van der Waals surface area (Å²) in [5.74, 6) is -0.946. The molecule has 3 N–H and O–H groups in total. The Morgan fingerprint density at radius 3 is 2.71 bits per heavy atom. The lowest BCUT2D eigenvalue weighted by Crippen LogP contribution is -2.15. The van der Waals surface area contributed by atoms with Crippen LogP contribution in [0.1, 0.15) is 35.2 Å². The number of hydrogen-bond donors (Lipinski definition) is 3. The molecule has 0 atom stereocenters. The number of amides is 1. The van der Waals surface area contributed by atoms with Crippen molar-refractivity contribution in [1.29, 1.82) is 0 Å². The Bertz CT molecular complexity index is 998. The van der Waals surface area contributed by atoms with Gasteiger partial charge < -0.3 is 20.1 Å². The van der Waals surface area contributed by atoms with E-state index in [0.717, 1.165) is 5.56 Å². The predicted octanol–water partition coefficient (Wildman–Crippen LogP) is 2.67. The highest BCUT2D eigenvalue weighted by Gasteiger charge is 2.15. The molecule has 0 radical (unpaired) electrons. The quantitative estimate of drug-likeness (QED) is 0.567. The zero-order valence-corrected chi connectivity index (χ0v) is 15.0. The third-order valence-corrected chi connectivity index (χ3v) is 4.01. The number of benzene rings is 1. The van der Waals surface area contributed by atoms with Gasteiger partial charge in [0.05, 0.1) is 17.4 Å². The van der Waals surface area contributed by atoms with Crippen LogP contribution in [0.25, 0.3) is 11.5 Å². The number of carboxylic acid groups (broad SMARTS) is 1. The minimum atomic E-state index is -1.10. The summed E-state index contributed by atoms with van der Waals surface area (Å²) in [5, 5.41) is 25.0. The fourth-order valence-corrected chi connectivity index (χ4v) is 2.51. The molecule has 2 heterocycles.